The van der Waals surface area contributed by atoms with E-state index in [1.54, 1.807) is 12.3 Å². The second kappa shape index (κ2) is 8.41. The smallest absolute Gasteiger partial charge is 0.352 e. The van der Waals surface area contributed by atoms with Gasteiger partial charge >= 0.3 is 5.97 Å². The summed E-state index contributed by atoms with van der Waals surface area (Å²) in [5.41, 5.74) is 3.48. The van der Waals surface area contributed by atoms with Crippen LogP contribution in [-0.4, -0.2) is 30.7 Å². The summed E-state index contributed by atoms with van der Waals surface area (Å²) in [6, 6.07) is 9.49. The maximum absolute atomic E-state index is 11.0. The molecule has 3 N–H and O–H groups in total. The molecule has 1 aromatic carbocycles. The molecule has 0 aliphatic rings. The summed E-state index contributed by atoms with van der Waals surface area (Å²) in [7, 11) is 0. The number of hydrogen-bond acceptors (Lipinski definition) is 3. The minimum atomic E-state index is -0.980. The first-order chi connectivity index (χ1) is 13.0. The Bertz CT molecular complexity index is 929. The average Bonchev–Trinajstić information content (AvgIpc) is 3.27. The number of imidazole rings is 1. The van der Waals surface area contributed by atoms with Crippen LogP contribution >= 0.6 is 11.6 Å². The molecule has 2 heterocycles. The van der Waals surface area contributed by atoms with Crippen LogP contribution in [0.1, 0.15) is 47.3 Å². The van der Waals surface area contributed by atoms with Crippen LogP contribution in [0.15, 0.2) is 36.5 Å². The molecule has 0 fully saturated rings. The molecule has 3 aromatic rings. The summed E-state index contributed by atoms with van der Waals surface area (Å²) in [6.07, 6.45) is 4.57. The Morgan fingerprint density at radius 1 is 1.26 bits per heavy atom. The maximum atomic E-state index is 11.0. The van der Waals surface area contributed by atoms with Crippen LogP contribution in [0.25, 0.3) is 11.1 Å². The van der Waals surface area contributed by atoms with Crippen molar-refractivity contribution in [3.05, 3.63) is 64.5 Å². The molecule has 0 aliphatic carbocycles. The van der Waals surface area contributed by atoms with Crippen LogP contribution in [0.3, 0.4) is 0 Å². The van der Waals surface area contributed by atoms with Gasteiger partial charge < -0.3 is 19.8 Å². The van der Waals surface area contributed by atoms with Gasteiger partial charge in [0.1, 0.15) is 22.4 Å². The molecule has 0 radical (unpaired) electrons. The molecule has 0 saturated carbocycles. The second-order valence-corrected chi connectivity index (χ2v) is 6.78. The van der Waals surface area contributed by atoms with E-state index in [0.717, 1.165) is 41.8 Å². The number of carboxylic acid groups (broad SMARTS) is 1. The van der Waals surface area contributed by atoms with Crippen LogP contribution in [0.4, 0.5) is 0 Å². The maximum Gasteiger partial charge on any atom is 0.352 e. The van der Waals surface area contributed by atoms with E-state index in [2.05, 4.69) is 16.9 Å². The fourth-order valence-electron chi connectivity index (χ4n) is 2.99. The number of benzene rings is 1. The molecule has 0 atom stereocenters. The number of aryl methyl sites for hydroxylation is 1. The minimum Gasteiger partial charge on any atom is -0.477 e. The molecule has 0 amide bonds. The monoisotopic (exact) mass is 387 g/mol. The Hall–Kier alpha value is -2.57. The summed E-state index contributed by atoms with van der Waals surface area (Å²) < 4.78 is 1.94. The van der Waals surface area contributed by atoms with Gasteiger partial charge in [-0.05, 0) is 29.2 Å². The van der Waals surface area contributed by atoms with Gasteiger partial charge in [-0.25, -0.2) is 9.78 Å². The number of aliphatic hydroxyl groups is 1. The molecule has 27 heavy (non-hydrogen) atoms. The molecule has 7 heteroatoms. The number of nitrogens with one attached hydrogen (secondary N) is 1. The molecular formula is C20H22ClN3O3. The minimum absolute atomic E-state index is 0.163. The Kier molecular flexibility index (Phi) is 5.98. The number of aromatic carboxylic acids is 1. The third kappa shape index (κ3) is 4.23. The molecule has 0 spiro atoms. The SMILES string of the molecule is CCCCc1nc(CO)c(Cl)n1Cc1ccc(-c2c[nH]c(C(=O)O)c2)cc1. The number of aliphatic hydroxyl groups excluding tert-OH is 1. The zero-order valence-electron chi connectivity index (χ0n) is 15.1. The first-order valence-electron chi connectivity index (χ1n) is 8.89. The van der Waals surface area contributed by atoms with Crippen LogP contribution in [0, 0.1) is 0 Å². The van der Waals surface area contributed by atoms with Gasteiger partial charge in [-0.2, -0.15) is 0 Å². The van der Waals surface area contributed by atoms with Crippen molar-refractivity contribution in [2.75, 3.05) is 0 Å². The molecular weight excluding hydrogens is 366 g/mol. The number of aromatic nitrogens is 3. The second-order valence-electron chi connectivity index (χ2n) is 6.42. The highest BCUT2D eigenvalue weighted by atomic mass is 35.5. The molecule has 6 nitrogen and oxygen atoms in total. The van der Waals surface area contributed by atoms with Crippen molar-refractivity contribution >= 4 is 17.6 Å². The van der Waals surface area contributed by atoms with Crippen LogP contribution in [0.5, 0.6) is 0 Å². The van der Waals surface area contributed by atoms with Crippen LogP contribution < -0.4 is 0 Å². The molecule has 0 bridgehead atoms. The number of unbranched alkanes of at least 4 members (excludes halogenated alkanes) is 1. The van der Waals surface area contributed by atoms with Gasteiger partial charge in [0, 0.05) is 12.6 Å². The summed E-state index contributed by atoms with van der Waals surface area (Å²) in [6.45, 7) is 2.51. The Balaban J connectivity index is 1.82. The molecule has 0 aliphatic heterocycles. The fraction of sp³-hybridized carbons (Fsp3) is 0.300. The van der Waals surface area contributed by atoms with E-state index in [1.807, 2.05) is 28.8 Å². The van der Waals surface area contributed by atoms with Gasteiger partial charge in [0.2, 0.25) is 0 Å². The highest BCUT2D eigenvalue weighted by Crippen LogP contribution is 2.24. The van der Waals surface area contributed by atoms with Gasteiger partial charge in [0.05, 0.1) is 13.2 Å². The third-order valence-electron chi connectivity index (χ3n) is 4.50. The summed E-state index contributed by atoms with van der Waals surface area (Å²) in [4.78, 5) is 18.2. The lowest BCUT2D eigenvalue weighted by molar-refractivity contribution is 0.0691. The lowest BCUT2D eigenvalue weighted by atomic mass is 10.1. The molecule has 3 rings (SSSR count). The Labute approximate surface area is 162 Å². The zero-order valence-corrected chi connectivity index (χ0v) is 15.8. The Morgan fingerprint density at radius 2 is 2.00 bits per heavy atom. The van der Waals surface area contributed by atoms with E-state index in [4.69, 9.17) is 16.7 Å². The van der Waals surface area contributed by atoms with E-state index in [-0.39, 0.29) is 12.3 Å². The van der Waals surface area contributed by atoms with Crippen molar-refractivity contribution in [1.29, 1.82) is 0 Å². The van der Waals surface area contributed by atoms with E-state index in [0.29, 0.717) is 17.4 Å². The molecule has 142 valence electrons. The number of carbonyl (C=O) groups is 1. The first kappa shape index (κ1) is 19.2. The molecule has 0 saturated heterocycles. The normalized spacial score (nSPS) is 11.1. The highest BCUT2D eigenvalue weighted by Gasteiger charge is 2.15. The van der Waals surface area contributed by atoms with E-state index < -0.39 is 5.97 Å². The highest BCUT2D eigenvalue weighted by molar-refractivity contribution is 6.30. The number of nitrogens with zero attached hydrogens (tertiary/aromatic N) is 2. The van der Waals surface area contributed by atoms with Crippen molar-refractivity contribution in [1.82, 2.24) is 14.5 Å². The van der Waals surface area contributed by atoms with Crippen molar-refractivity contribution in [2.24, 2.45) is 0 Å². The Morgan fingerprint density at radius 3 is 2.59 bits per heavy atom. The predicted molar refractivity (Wildman–Crippen MR) is 104 cm³/mol. The van der Waals surface area contributed by atoms with E-state index in [9.17, 15) is 9.90 Å². The quantitative estimate of drug-likeness (QED) is 0.542. The molecule has 2 aromatic heterocycles. The average molecular weight is 388 g/mol. The third-order valence-corrected chi connectivity index (χ3v) is 4.92. The number of halogens is 1. The summed E-state index contributed by atoms with van der Waals surface area (Å²) in [5, 5.41) is 18.9. The van der Waals surface area contributed by atoms with Gasteiger partial charge in [-0.1, -0.05) is 49.2 Å². The lowest BCUT2D eigenvalue weighted by Gasteiger charge is -2.10. The number of rotatable bonds is 8. The summed E-state index contributed by atoms with van der Waals surface area (Å²) in [5.74, 6) is -0.0985. The predicted octanol–water partition coefficient (Wildman–Crippen LogP) is 4.11. The number of hydrogen-bond donors (Lipinski definition) is 3. The van der Waals surface area contributed by atoms with Crippen molar-refractivity contribution in [2.45, 2.75) is 39.3 Å². The standard InChI is InChI=1S/C20H22ClN3O3/c1-2-3-4-18-23-17(12-25)19(21)24(18)11-13-5-7-14(8-6-13)15-9-16(20(26)27)22-10-15/h5-10,22,25H,2-4,11-12H2,1H3,(H,26,27). The fourth-order valence-corrected chi connectivity index (χ4v) is 3.25. The van der Waals surface area contributed by atoms with Gasteiger partial charge in [0.25, 0.3) is 0 Å². The first-order valence-corrected chi connectivity index (χ1v) is 9.27. The van der Waals surface area contributed by atoms with Gasteiger partial charge in [-0.15, -0.1) is 0 Å². The number of H-pyrrole nitrogens is 1. The van der Waals surface area contributed by atoms with Crippen LogP contribution in [0.2, 0.25) is 5.15 Å². The van der Waals surface area contributed by atoms with E-state index >= 15 is 0 Å². The van der Waals surface area contributed by atoms with E-state index in [1.165, 1.54) is 0 Å². The van der Waals surface area contributed by atoms with Crippen molar-refractivity contribution < 1.29 is 15.0 Å². The topological polar surface area (TPSA) is 91.1 Å². The van der Waals surface area contributed by atoms with Crippen LogP contribution in [-0.2, 0) is 19.6 Å². The zero-order chi connectivity index (χ0) is 19.4. The summed E-state index contributed by atoms with van der Waals surface area (Å²) >= 11 is 6.40. The van der Waals surface area contributed by atoms with Crippen molar-refractivity contribution in [3.8, 4) is 11.1 Å². The lowest BCUT2D eigenvalue weighted by Crippen LogP contribution is -2.05. The van der Waals surface area contributed by atoms with Gasteiger partial charge in [-0.3, -0.25) is 0 Å². The van der Waals surface area contributed by atoms with Crippen molar-refractivity contribution in [3.63, 3.8) is 0 Å². The van der Waals surface area contributed by atoms with Gasteiger partial charge in [0.15, 0.2) is 0 Å². The largest absolute Gasteiger partial charge is 0.477 e. The molecule has 0 unspecified atom stereocenters. The number of aromatic amines is 1. The number of carboxylic acids is 1.